The molecule has 2 aromatic rings. The van der Waals surface area contributed by atoms with Crippen LogP contribution in [0.2, 0.25) is 5.02 Å². The molecule has 0 spiro atoms. The van der Waals surface area contributed by atoms with E-state index < -0.39 is 11.9 Å². The summed E-state index contributed by atoms with van der Waals surface area (Å²) in [7, 11) is 0. The minimum Gasteiger partial charge on any atom is -0.326 e. The Balaban J connectivity index is 1.54. The van der Waals surface area contributed by atoms with Crippen LogP contribution in [0, 0.1) is 11.7 Å². The Kier molecular flexibility index (Phi) is 6.31. The van der Waals surface area contributed by atoms with Crippen molar-refractivity contribution in [3.8, 4) is 0 Å². The van der Waals surface area contributed by atoms with Crippen LogP contribution in [-0.4, -0.2) is 17.9 Å². The Morgan fingerprint density at radius 1 is 1.07 bits per heavy atom. The Bertz CT molecular complexity index is 868. The molecule has 0 saturated heterocycles. The monoisotopic (exact) mass is 403 g/mol. The fourth-order valence-corrected chi connectivity index (χ4v) is 3.04. The number of anilines is 2. The van der Waals surface area contributed by atoms with E-state index >= 15 is 0 Å². The molecule has 148 valence electrons. The first-order valence-electron chi connectivity index (χ1n) is 9.26. The van der Waals surface area contributed by atoms with Gasteiger partial charge >= 0.3 is 0 Å². The Labute approximate surface area is 168 Å². The van der Waals surface area contributed by atoms with Gasteiger partial charge in [0.1, 0.15) is 5.82 Å². The van der Waals surface area contributed by atoms with Crippen molar-refractivity contribution < 1.29 is 14.0 Å². The maximum Gasteiger partial charge on any atom is 0.241 e. The number of rotatable bonds is 7. The van der Waals surface area contributed by atoms with Gasteiger partial charge in [-0.25, -0.2) is 4.39 Å². The van der Waals surface area contributed by atoms with E-state index in [1.54, 1.807) is 6.92 Å². The second-order valence-corrected chi connectivity index (χ2v) is 7.52. The predicted octanol–water partition coefficient (Wildman–Crippen LogP) is 4.51. The lowest BCUT2D eigenvalue weighted by Gasteiger charge is -2.20. The fourth-order valence-electron chi connectivity index (χ4n) is 2.82. The third-order valence-electron chi connectivity index (χ3n) is 4.71. The van der Waals surface area contributed by atoms with Gasteiger partial charge in [0.15, 0.2) is 0 Å². The van der Waals surface area contributed by atoms with Crippen molar-refractivity contribution in [1.82, 2.24) is 5.32 Å². The van der Waals surface area contributed by atoms with Gasteiger partial charge < -0.3 is 10.6 Å². The van der Waals surface area contributed by atoms with Gasteiger partial charge in [-0.1, -0.05) is 23.7 Å². The van der Waals surface area contributed by atoms with Crippen molar-refractivity contribution in [3.63, 3.8) is 0 Å². The van der Waals surface area contributed by atoms with E-state index in [4.69, 9.17) is 11.6 Å². The summed E-state index contributed by atoms with van der Waals surface area (Å²) in [6, 6.07) is 10.8. The number of halogens is 2. The Morgan fingerprint density at radius 3 is 2.36 bits per heavy atom. The lowest BCUT2D eigenvalue weighted by Crippen LogP contribution is -2.39. The molecule has 0 heterocycles. The second-order valence-electron chi connectivity index (χ2n) is 7.11. The first-order chi connectivity index (χ1) is 13.3. The number of amides is 2. The van der Waals surface area contributed by atoms with Crippen LogP contribution >= 0.6 is 11.6 Å². The van der Waals surface area contributed by atoms with Gasteiger partial charge in [0.2, 0.25) is 11.8 Å². The van der Waals surface area contributed by atoms with Crippen molar-refractivity contribution in [2.45, 2.75) is 38.8 Å². The molecule has 7 heteroatoms. The van der Waals surface area contributed by atoms with Gasteiger partial charge in [0.25, 0.3) is 0 Å². The van der Waals surface area contributed by atoms with E-state index in [9.17, 15) is 14.0 Å². The number of carbonyl (C=O) groups excluding carboxylic acids is 2. The van der Waals surface area contributed by atoms with Crippen molar-refractivity contribution in [1.29, 1.82) is 0 Å². The molecular formula is C21H23ClFN3O2. The van der Waals surface area contributed by atoms with E-state index in [1.165, 1.54) is 12.1 Å². The average Bonchev–Trinajstić information content (AvgIpc) is 3.49. The SMILES string of the molecule is C[C@H](N[C@H](C)C(=O)Nc1ccc(F)cc1Cl)c1ccc(NC(=O)C2CC2)cc1. The maximum absolute atomic E-state index is 13.1. The van der Waals surface area contributed by atoms with Gasteiger partial charge in [0, 0.05) is 17.6 Å². The lowest BCUT2D eigenvalue weighted by molar-refractivity contribution is -0.118. The highest BCUT2D eigenvalue weighted by Crippen LogP contribution is 2.30. The zero-order valence-corrected chi connectivity index (χ0v) is 16.5. The molecule has 0 bridgehead atoms. The van der Waals surface area contributed by atoms with Crippen molar-refractivity contribution in [3.05, 3.63) is 58.9 Å². The molecule has 2 atom stereocenters. The summed E-state index contributed by atoms with van der Waals surface area (Å²) in [6.45, 7) is 3.69. The van der Waals surface area contributed by atoms with E-state index in [0.29, 0.717) is 5.69 Å². The average molecular weight is 404 g/mol. The molecule has 3 N–H and O–H groups in total. The van der Waals surface area contributed by atoms with Crippen molar-refractivity contribution >= 4 is 34.8 Å². The number of hydrogen-bond donors (Lipinski definition) is 3. The quantitative estimate of drug-likeness (QED) is 0.637. The maximum atomic E-state index is 13.1. The van der Waals surface area contributed by atoms with Gasteiger partial charge in [0.05, 0.1) is 16.8 Å². The fraction of sp³-hybridized carbons (Fsp3) is 0.333. The molecule has 2 aromatic carbocycles. The van der Waals surface area contributed by atoms with Gasteiger partial charge in [-0.2, -0.15) is 0 Å². The van der Waals surface area contributed by atoms with E-state index in [2.05, 4.69) is 16.0 Å². The van der Waals surface area contributed by atoms with Gasteiger partial charge in [-0.05, 0) is 62.6 Å². The summed E-state index contributed by atoms with van der Waals surface area (Å²) >= 11 is 5.95. The molecule has 0 aliphatic heterocycles. The highest BCUT2D eigenvalue weighted by atomic mass is 35.5. The summed E-state index contributed by atoms with van der Waals surface area (Å²) in [5.41, 5.74) is 2.12. The highest BCUT2D eigenvalue weighted by molar-refractivity contribution is 6.33. The molecule has 1 aliphatic carbocycles. The smallest absolute Gasteiger partial charge is 0.241 e. The lowest BCUT2D eigenvalue weighted by atomic mass is 10.1. The molecule has 1 fully saturated rings. The van der Waals surface area contributed by atoms with Gasteiger partial charge in [-0.15, -0.1) is 0 Å². The number of nitrogens with one attached hydrogen (secondary N) is 3. The summed E-state index contributed by atoms with van der Waals surface area (Å²) in [6.07, 6.45) is 1.93. The first kappa shape index (κ1) is 20.3. The molecule has 0 aromatic heterocycles. The Hall–Kier alpha value is -2.44. The van der Waals surface area contributed by atoms with E-state index in [0.717, 1.165) is 30.2 Å². The second kappa shape index (κ2) is 8.71. The first-order valence-corrected chi connectivity index (χ1v) is 9.64. The molecule has 5 nitrogen and oxygen atoms in total. The zero-order valence-electron chi connectivity index (χ0n) is 15.8. The summed E-state index contributed by atoms with van der Waals surface area (Å²) < 4.78 is 13.1. The van der Waals surface area contributed by atoms with Gasteiger partial charge in [-0.3, -0.25) is 14.9 Å². The third-order valence-corrected chi connectivity index (χ3v) is 5.02. The number of benzene rings is 2. The number of hydrogen-bond acceptors (Lipinski definition) is 3. The molecule has 0 unspecified atom stereocenters. The van der Waals surface area contributed by atoms with Crippen LogP contribution in [0.1, 0.15) is 38.3 Å². The topological polar surface area (TPSA) is 70.2 Å². The van der Waals surface area contributed by atoms with Crippen LogP contribution in [0.25, 0.3) is 0 Å². The molecule has 3 rings (SSSR count). The third kappa shape index (κ3) is 5.30. The molecule has 0 radical (unpaired) electrons. The molecule has 1 aliphatic rings. The van der Waals surface area contributed by atoms with Crippen molar-refractivity contribution in [2.24, 2.45) is 5.92 Å². The molecule has 2 amide bonds. The van der Waals surface area contributed by atoms with Crippen LogP contribution in [0.4, 0.5) is 15.8 Å². The molecule has 1 saturated carbocycles. The van der Waals surface area contributed by atoms with Crippen LogP contribution < -0.4 is 16.0 Å². The minimum absolute atomic E-state index is 0.0728. The largest absolute Gasteiger partial charge is 0.326 e. The Morgan fingerprint density at radius 2 is 1.75 bits per heavy atom. The van der Waals surface area contributed by atoms with Crippen molar-refractivity contribution in [2.75, 3.05) is 10.6 Å². The number of carbonyl (C=O) groups is 2. The molecule has 28 heavy (non-hydrogen) atoms. The van der Waals surface area contributed by atoms with Crippen LogP contribution in [0.15, 0.2) is 42.5 Å². The highest BCUT2D eigenvalue weighted by Gasteiger charge is 2.29. The predicted molar refractivity (Wildman–Crippen MR) is 109 cm³/mol. The van der Waals surface area contributed by atoms with Crippen LogP contribution in [0.5, 0.6) is 0 Å². The zero-order chi connectivity index (χ0) is 20.3. The summed E-state index contributed by atoms with van der Waals surface area (Å²) in [5, 5.41) is 8.97. The van der Waals surface area contributed by atoms with E-state index in [1.807, 2.05) is 31.2 Å². The summed E-state index contributed by atoms with van der Waals surface area (Å²) in [5.74, 6) is -0.494. The van der Waals surface area contributed by atoms with Crippen LogP contribution in [-0.2, 0) is 9.59 Å². The van der Waals surface area contributed by atoms with E-state index in [-0.39, 0.29) is 28.8 Å². The van der Waals surface area contributed by atoms with Crippen LogP contribution in [0.3, 0.4) is 0 Å². The molecular weight excluding hydrogens is 381 g/mol. The standard InChI is InChI=1S/C21H23ClFN3O2/c1-12(14-5-8-17(9-6-14)25-21(28)15-3-4-15)24-13(2)20(27)26-19-10-7-16(23)11-18(19)22/h5-13,15,24H,3-4H2,1-2H3,(H,25,28)(H,26,27)/t12-,13+/m0/s1. The summed E-state index contributed by atoms with van der Waals surface area (Å²) in [4.78, 5) is 24.2. The minimum atomic E-state index is -0.495. The normalized spacial score (nSPS) is 15.6.